The van der Waals surface area contributed by atoms with E-state index in [4.69, 9.17) is 0 Å². The van der Waals surface area contributed by atoms with E-state index >= 15 is 0 Å². The Balaban J connectivity index is 2.25. The van der Waals surface area contributed by atoms with Crippen molar-refractivity contribution in [2.24, 2.45) is 0 Å². The minimum Gasteiger partial charge on any atom is -0.391 e. The molecule has 0 aromatic heterocycles. The molecule has 1 saturated heterocycles. The zero-order valence-electron chi connectivity index (χ0n) is 13.8. The van der Waals surface area contributed by atoms with E-state index in [0.29, 0.717) is 6.04 Å². The summed E-state index contributed by atoms with van der Waals surface area (Å²) in [5, 5.41) is 13.5. The molecule has 2 unspecified atom stereocenters. The van der Waals surface area contributed by atoms with Crippen LogP contribution >= 0.6 is 0 Å². The highest BCUT2D eigenvalue weighted by Crippen LogP contribution is 2.30. The summed E-state index contributed by atoms with van der Waals surface area (Å²) in [5.41, 5.74) is 3.88. The number of rotatable bonds is 6. The topological polar surface area (TPSA) is 38.7 Å². The van der Waals surface area contributed by atoms with Gasteiger partial charge >= 0.3 is 0 Å². The van der Waals surface area contributed by atoms with Crippen LogP contribution in [0.2, 0.25) is 0 Å². The Morgan fingerprint density at radius 3 is 2.81 bits per heavy atom. The number of aryl methyl sites for hydroxylation is 1. The number of benzene rings is 1. The zero-order valence-corrected chi connectivity index (χ0v) is 13.8. The van der Waals surface area contributed by atoms with Gasteiger partial charge in [0.1, 0.15) is 0 Å². The Morgan fingerprint density at radius 1 is 1.38 bits per heavy atom. The lowest BCUT2D eigenvalue weighted by Gasteiger charge is -2.30. The van der Waals surface area contributed by atoms with Crippen LogP contribution in [0.5, 0.6) is 0 Å². The van der Waals surface area contributed by atoms with Crippen LogP contribution in [0.1, 0.15) is 24.5 Å². The fourth-order valence-electron chi connectivity index (χ4n) is 3.18. The molecule has 1 aliphatic heterocycles. The van der Waals surface area contributed by atoms with Crippen LogP contribution in [0, 0.1) is 6.92 Å². The normalized spacial score (nSPS) is 22.3. The van der Waals surface area contributed by atoms with Gasteiger partial charge in [-0.25, -0.2) is 0 Å². The molecular formula is C17H29N3O. The molecule has 4 nitrogen and oxygen atoms in total. The summed E-state index contributed by atoms with van der Waals surface area (Å²) in [4.78, 5) is 4.59. The molecule has 1 fully saturated rings. The van der Waals surface area contributed by atoms with Gasteiger partial charge in [-0.2, -0.15) is 0 Å². The van der Waals surface area contributed by atoms with Crippen molar-refractivity contribution in [2.75, 3.05) is 38.6 Å². The first-order chi connectivity index (χ1) is 10.0. The van der Waals surface area contributed by atoms with Crippen LogP contribution in [0.3, 0.4) is 0 Å². The molecule has 0 aliphatic carbocycles. The average Bonchev–Trinajstić information content (AvgIpc) is 2.76. The minimum absolute atomic E-state index is 0.219. The summed E-state index contributed by atoms with van der Waals surface area (Å²) in [6.07, 6.45) is 0.635. The number of aliphatic hydroxyl groups excluding tert-OH is 1. The van der Waals surface area contributed by atoms with Crippen molar-refractivity contribution in [1.29, 1.82) is 0 Å². The van der Waals surface area contributed by atoms with Crippen molar-refractivity contribution in [3.63, 3.8) is 0 Å². The Bertz CT molecular complexity index is 461. The van der Waals surface area contributed by atoms with E-state index < -0.39 is 0 Å². The van der Waals surface area contributed by atoms with Gasteiger partial charge in [-0.1, -0.05) is 24.6 Å². The third kappa shape index (κ3) is 4.19. The number of hydrogen-bond acceptors (Lipinski definition) is 4. The van der Waals surface area contributed by atoms with Crippen LogP contribution in [-0.4, -0.2) is 55.9 Å². The lowest BCUT2D eigenvalue weighted by molar-refractivity contribution is 0.191. The second-order valence-corrected chi connectivity index (χ2v) is 6.37. The molecule has 2 atom stereocenters. The predicted molar refractivity (Wildman–Crippen MR) is 88.9 cm³/mol. The van der Waals surface area contributed by atoms with E-state index in [1.807, 2.05) is 0 Å². The average molecular weight is 291 g/mol. The predicted octanol–water partition coefficient (Wildman–Crippen LogP) is 1.61. The van der Waals surface area contributed by atoms with E-state index in [1.165, 1.54) is 16.8 Å². The minimum atomic E-state index is -0.219. The maximum Gasteiger partial charge on any atom is 0.0735 e. The summed E-state index contributed by atoms with van der Waals surface area (Å²) in [5.74, 6) is 0. The number of nitrogens with one attached hydrogen (secondary N) is 1. The Morgan fingerprint density at radius 2 is 2.14 bits per heavy atom. The van der Waals surface area contributed by atoms with Crippen molar-refractivity contribution in [2.45, 2.75) is 39.0 Å². The standard InChI is InChI=1S/C17H29N3O/c1-5-18-10-14-8-13(2)6-7-17(14)20-12-16(21)9-15(20)11-19(3)4/h6-8,15-16,18,21H,5,9-12H2,1-4H3. The highest BCUT2D eigenvalue weighted by atomic mass is 16.3. The lowest BCUT2D eigenvalue weighted by Crippen LogP contribution is -2.38. The van der Waals surface area contributed by atoms with Gasteiger partial charge in [0.25, 0.3) is 0 Å². The summed E-state index contributed by atoms with van der Waals surface area (Å²) in [6, 6.07) is 7.03. The Kier molecular flexibility index (Phi) is 5.62. The van der Waals surface area contributed by atoms with E-state index in [1.54, 1.807) is 0 Å². The number of aliphatic hydroxyl groups is 1. The van der Waals surface area contributed by atoms with E-state index in [9.17, 15) is 5.11 Å². The van der Waals surface area contributed by atoms with Crippen molar-refractivity contribution < 1.29 is 5.11 Å². The van der Waals surface area contributed by atoms with Gasteiger partial charge in [-0.05, 0) is 45.6 Å². The SMILES string of the molecule is CCNCc1cc(C)ccc1N1CC(O)CC1CN(C)C. The molecule has 21 heavy (non-hydrogen) atoms. The molecule has 1 aromatic carbocycles. The molecule has 118 valence electrons. The van der Waals surface area contributed by atoms with Crippen LogP contribution in [0.15, 0.2) is 18.2 Å². The quantitative estimate of drug-likeness (QED) is 0.835. The highest BCUT2D eigenvalue weighted by Gasteiger charge is 2.32. The van der Waals surface area contributed by atoms with Crippen molar-refractivity contribution in [3.8, 4) is 0 Å². The molecule has 0 saturated carbocycles. The summed E-state index contributed by atoms with van der Waals surface area (Å²) in [7, 11) is 4.19. The molecule has 0 spiro atoms. The summed E-state index contributed by atoms with van der Waals surface area (Å²) >= 11 is 0. The molecule has 0 amide bonds. The fraction of sp³-hybridized carbons (Fsp3) is 0.647. The summed E-state index contributed by atoms with van der Waals surface area (Å²) < 4.78 is 0. The second-order valence-electron chi connectivity index (χ2n) is 6.37. The lowest BCUT2D eigenvalue weighted by atomic mass is 10.1. The first kappa shape index (κ1) is 16.3. The van der Waals surface area contributed by atoms with Gasteiger partial charge in [0.05, 0.1) is 6.10 Å². The number of anilines is 1. The van der Waals surface area contributed by atoms with Gasteiger partial charge in [0.15, 0.2) is 0 Å². The number of likely N-dealkylation sites (N-methyl/N-ethyl adjacent to an activating group) is 1. The summed E-state index contributed by atoms with van der Waals surface area (Å²) in [6.45, 7) is 7.83. The van der Waals surface area contributed by atoms with Crippen LogP contribution in [-0.2, 0) is 6.54 Å². The molecule has 0 bridgehead atoms. The molecule has 2 rings (SSSR count). The highest BCUT2D eigenvalue weighted by molar-refractivity contribution is 5.57. The van der Waals surface area contributed by atoms with E-state index in [-0.39, 0.29) is 6.10 Å². The van der Waals surface area contributed by atoms with Crippen molar-refractivity contribution in [3.05, 3.63) is 29.3 Å². The molecule has 1 heterocycles. The molecular weight excluding hydrogens is 262 g/mol. The van der Waals surface area contributed by atoms with Gasteiger partial charge in [-0.3, -0.25) is 0 Å². The molecule has 2 N–H and O–H groups in total. The number of hydrogen-bond donors (Lipinski definition) is 2. The Hall–Kier alpha value is -1.10. The van der Waals surface area contributed by atoms with Crippen LogP contribution < -0.4 is 10.2 Å². The fourth-order valence-corrected chi connectivity index (χ4v) is 3.18. The second kappa shape index (κ2) is 7.25. The van der Waals surface area contributed by atoms with Gasteiger partial charge in [0.2, 0.25) is 0 Å². The molecule has 1 aromatic rings. The van der Waals surface area contributed by atoms with Gasteiger partial charge in [0, 0.05) is 31.4 Å². The van der Waals surface area contributed by atoms with E-state index in [2.05, 4.69) is 61.3 Å². The number of nitrogens with zero attached hydrogens (tertiary/aromatic N) is 2. The van der Waals surface area contributed by atoms with Crippen LogP contribution in [0.25, 0.3) is 0 Å². The van der Waals surface area contributed by atoms with Crippen molar-refractivity contribution in [1.82, 2.24) is 10.2 Å². The smallest absolute Gasteiger partial charge is 0.0735 e. The van der Waals surface area contributed by atoms with E-state index in [0.717, 1.165) is 32.6 Å². The maximum absolute atomic E-state index is 10.1. The maximum atomic E-state index is 10.1. The zero-order chi connectivity index (χ0) is 15.4. The van der Waals surface area contributed by atoms with Gasteiger partial charge < -0.3 is 20.2 Å². The first-order valence-electron chi connectivity index (χ1n) is 7.91. The monoisotopic (exact) mass is 291 g/mol. The molecule has 0 radical (unpaired) electrons. The van der Waals surface area contributed by atoms with Crippen molar-refractivity contribution >= 4 is 5.69 Å². The number of β-amino-alcohol motifs (C(OH)–C–C–N with tert-alkyl or cyclic N) is 1. The molecule has 4 heteroatoms. The van der Waals surface area contributed by atoms with Gasteiger partial charge in [-0.15, -0.1) is 0 Å². The largest absolute Gasteiger partial charge is 0.391 e. The third-order valence-electron chi connectivity index (χ3n) is 4.08. The first-order valence-corrected chi connectivity index (χ1v) is 7.91. The van der Waals surface area contributed by atoms with Crippen LogP contribution in [0.4, 0.5) is 5.69 Å². The Labute approximate surface area is 128 Å². The molecule has 1 aliphatic rings. The third-order valence-corrected chi connectivity index (χ3v) is 4.08.